The molecule has 2 aliphatic carbocycles. The lowest BCUT2D eigenvalue weighted by atomic mass is 10.0. The fraction of sp³-hybridized carbons (Fsp3) is 0.923. The Labute approximate surface area is 98.2 Å². The van der Waals surface area contributed by atoms with Crippen molar-refractivity contribution >= 4 is 5.91 Å². The van der Waals surface area contributed by atoms with Crippen LogP contribution < -0.4 is 11.1 Å². The van der Waals surface area contributed by atoms with Crippen LogP contribution in [-0.2, 0) is 4.79 Å². The normalized spacial score (nSPS) is 32.9. The van der Waals surface area contributed by atoms with Gasteiger partial charge >= 0.3 is 0 Å². The third-order valence-electron chi connectivity index (χ3n) is 4.32. The van der Waals surface area contributed by atoms with Gasteiger partial charge in [0.25, 0.3) is 0 Å². The summed E-state index contributed by atoms with van der Waals surface area (Å²) >= 11 is 0. The maximum absolute atomic E-state index is 12.0. The van der Waals surface area contributed by atoms with E-state index in [0.717, 1.165) is 31.6 Å². The first-order valence-corrected chi connectivity index (χ1v) is 6.67. The van der Waals surface area contributed by atoms with Crippen LogP contribution >= 0.6 is 0 Å². The van der Waals surface area contributed by atoms with Crippen molar-refractivity contribution in [3.05, 3.63) is 0 Å². The van der Waals surface area contributed by atoms with Gasteiger partial charge in [-0.25, -0.2) is 0 Å². The molecule has 2 saturated carbocycles. The van der Waals surface area contributed by atoms with Crippen LogP contribution in [0.25, 0.3) is 0 Å². The van der Waals surface area contributed by atoms with Gasteiger partial charge < -0.3 is 11.1 Å². The lowest BCUT2D eigenvalue weighted by Gasteiger charge is -2.20. The molecular weight excluding hydrogens is 200 g/mol. The summed E-state index contributed by atoms with van der Waals surface area (Å²) in [6, 6.07) is 0.404. The summed E-state index contributed by atoms with van der Waals surface area (Å²) < 4.78 is 0. The Balaban J connectivity index is 1.82. The van der Waals surface area contributed by atoms with Gasteiger partial charge in [-0.05, 0) is 38.0 Å². The monoisotopic (exact) mass is 224 g/mol. The van der Waals surface area contributed by atoms with Crippen LogP contribution in [0.2, 0.25) is 0 Å². The van der Waals surface area contributed by atoms with Crippen molar-refractivity contribution in [1.29, 1.82) is 0 Å². The fourth-order valence-corrected chi connectivity index (χ4v) is 2.64. The zero-order chi connectivity index (χ0) is 11.6. The Morgan fingerprint density at radius 2 is 2.06 bits per heavy atom. The molecule has 3 N–H and O–H groups in total. The van der Waals surface area contributed by atoms with Crippen molar-refractivity contribution in [2.75, 3.05) is 6.54 Å². The SMILES string of the molecule is CC1CCCC(NC(=O)C2(CN)CC2)CC1. The number of rotatable bonds is 3. The first-order chi connectivity index (χ1) is 7.66. The molecule has 2 atom stereocenters. The highest BCUT2D eigenvalue weighted by atomic mass is 16.2. The summed E-state index contributed by atoms with van der Waals surface area (Å²) in [6.07, 6.45) is 8.08. The second-order valence-corrected chi connectivity index (χ2v) is 5.77. The number of hydrogen-bond donors (Lipinski definition) is 2. The number of hydrogen-bond acceptors (Lipinski definition) is 2. The van der Waals surface area contributed by atoms with Crippen LogP contribution in [0.3, 0.4) is 0 Å². The van der Waals surface area contributed by atoms with Crippen molar-refractivity contribution in [3.63, 3.8) is 0 Å². The molecule has 2 unspecified atom stereocenters. The molecule has 0 aromatic heterocycles. The topological polar surface area (TPSA) is 55.1 Å². The van der Waals surface area contributed by atoms with E-state index < -0.39 is 0 Å². The smallest absolute Gasteiger partial charge is 0.227 e. The number of carbonyl (C=O) groups excluding carboxylic acids is 1. The Bertz CT molecular complexity index is 261. The van der Waals surface area contributed by atoms with Gasteiger partial charge in [-0.3, -0.25) is 4.79 Å². The third kappa shape index (κ3) is 2.57. The van der Waals surface area contributed by atoms with E-state index in [1.807, 2.05) is 0 Å². The molecule has 3 heteroatoms. The summed E-state index contributed by atoms with van der Waals surface area (Å²) in [7, 11) is 0. The van der Waals surface area contributed by atoms with Crippen LogP contribution in [-0.4, -0.2) is 18.5 Å². The van der Waals surface area contributed by atoms with E-state index in [1.165, 1.54) is 19.3 Å². The van der Waals surface area contributed by atoms with Crippen molar-refractivity contribution < 1.29 is 4.79 Å². The Hall–Kier alpha value is -0.570. The van der Waals surface area contributed by atoms with E-state index in [2.05, 4.69) is 12.2 Å². The Morgan fingerprint density at radius 3 is 2.69 bits per heavy atom. The average molecular weight is 224 g/mol. The highest BCUT2D eigenvalue weighted by Crippen LogP contribution is 2.44. The molecule has 3 nitrogen and oxygen atoms in total. The average Bonchev–Trinajstić information content (AvgIpc) is 3.05. The molecule has 0 radical (unpaired) electrons. The zero-order valence-corrected chi connectivity index (χ0v) is 10.3. The lowest BCUT2D eigenvalue weighted by molar-refractivity contribution is -0.126. The Morgan fingerprint density at radius 1 is 1.31 bits per heavy atom. The van der Waals surface area contributed by atoms with Crippen LogP contribution in [0.15, 0.2) is 0 Å². The minimum absolute atomic E-state index is 0.183. The highest BCUT2D eigenvalue weighted by Gasteiger charge is 2.48. The van der Waals surface area contributed by atoms with E-state index in [9.17, 15) is 4.79 Å². The van der Waals surface area contributed by atoms with Crippen molar-refractivity contribution in [2.45, 2.75) is 57.9 Å². The second-order valence-electron chi connectivity index (χ2n) is 5.77. The van der Waals surface area contributed by atoms with Crippen LogP contribution in [0.5, 0.6) is 0 Å². The molecular formula is C13H24N2O. The van der Waals surface area contributed by atoms with Gasteiger partial charge in [0.1, 0.15) is 0 Å². The van der Waals surface area contributed by atoms with Crippen molar-refractivity contribution in [1.82, 2.24) is 5.32 Å². The van der Waals surface area contributed by atoms with Crippen LogP contribution in [0.1, 0.15) is 51.9 Å². The maximum Gasteiger partial charge on any atom is 0.227 e. The van der Waals surface area contributed by atoms with Gasteiger partial charge in [0.05, 0.1) is 5.41 Å². The van der Waals surface area contributed by atoms with E-state index in [1.54, 1.807) is 0 Å². The molecule has 0 bridgehead atoms. The lowest BCUT2D eigenvalue weighted by Crippen LogP contribution is -2.42. The molecule has 0 saturated heterocycles. The second kappa shape index (κ2) is 4.74. The molecule has 0 aliphatic heterocycles. The number of carbonyl (C=O) groups is 1. The van der Waals surface area contributed by atoms with Gasteiger partial charge in [0.15, 0.2) is 0 Å². The number of amides is 1. The standard InChI is InChI=1S/C13H24N2O/c1-10-3-2-4-11(6-5-10)15-12(16)13(9-14)7-8-13/h10-11H,2-9,14H2,1H3,(H,15,16). The number of nitrogens with two attached hydrogens (primary N) is 1. The van der Waals surface area contributed by atoms with Gasteiger partial charge in [-0.15, -0.1) is 0 Å². The molecule has 0 aromatic rings. The highest BCUT2D eigenvalue weighted by molar-refractivity contribution is 5.85. The summed E-state index contributed by atoms with van der Waals surface area (Å²) in [4.78, 5) is 12.0. The quantitative estimate of drug-likeness (QED) is 0.718. The minimum atomic E-state index is -0.183. The number of nitrogens with one attached hydrogen (secondary N) is 1. The van der Waals surface area contributed by atoms with Gasteiger partial charge in [-0.1, -0.05) is 19.8 Å². The molecule has 1 amide bonds. The first-order valence-electron chi connectivity index (χ1n) is 6.67. The predicted molar refractivity (Wildman–Crippen MR) is 64.9 cm³/mol. The van der Waals surface area contributed by atoms with E-state index in [0.29, 0.717) is 12.6 Å². The molecule has 2 aliphatic rings. The molecule has 2 fully saturated rings. The van der Waals surface area contributed by atoms with Gasteiger partial charge in [0.2, 0.25) is 5.91 Å². The fourth-order valence-electron chi connectivity index (χ4n) is 2.64. The summed E-state index contributed by atoms with van der Waals surface area (Å²) in [5.41, 5.74) is 5.48. The summed E-state index contributed by atoms with van der Waals surface area (Å²) in [6.45, 7) is 2.83. The van der Waals surface area contributed by atoms with Gasteiger partial charge in [0, 0.05) is 12.6 Å². The zero-order valence-electron chi connectivity index (χ0n) is 10.3. The Kier molecular flexibility index (Phi) is 3.53. The molecule has 16 heavy (non-hydrogen) atoms. The third-order valence-corrected chi connectivity index (χ3v) is 4.32. The largest absolute Gasteiger partial charge is 0.353 e. The predicted octanol–water partition coefficient (Wildman–Crippen LogP) is 1.81. The molecule has 92 valence electrons. The molecule has 2 rings (SSSR count). The van der Waals surface area contributed by atoms with Gasteiger partial charge in [-0.2, -0.15) is 0 Å². The maximum atomic E-state index is 12.0. The first kappa shape index (κ1) is 11.9. The van der Waals surface area contributed by atoms with Crippen molar-refractivity contribution in [3.8, 4) is 0 Å². The molecule has 0 heterocycles. The summed E-state index contributed by atoms with van der Waals surface area (Å²) in [5.74, 6) is 1.04. The molecule has 0 spiro atoms. The van der Waals surface area contributed by atoms with E-state index >= 15 is 0 Å². The van der Waals surface area contributed by atoms with Crippen LogP contribution in [0.4, 0.5) is 0 Å². The summed E-state index contributed by atoms with van der Waals surface area (Å²) in [5, 5.41) is 3.21. The minimum Gasteiger partial charge on any atom is -0.353 e. The molecule has 0 aromatic carbocycles. The van der Waals surface area contributed by atoms with E-state index in [4.69, 9.17) is 5.73 Å². The van der Waals surface area contributed by atoms with E-state index in [-0.39, 0.29) is 11.3 Å². The van der Waals surface area contributed by atoms with Crippen molar-refractivity contribution in [2.24, 2.45) is 17.1 Å². The van der Waals surface area contributed by atoms with Crippen LogP contribution in [0, 0.1) is 11.3 Å².